The van der Waals surface area contributed by atoms with Crippen molar-refractivity contribution in [1.29, 1.82) is 0 Å². The summed E-state index contributed by atoms with van der Waals surface area (Å²) < 4.78 is 0. The van der Waals surface area contributed by atoms with E-state index in [9.17, 15) is 9.59 Å². The third kappa shape index (κ3) is 3.59. The van der Waals surface area contributed by atoms with Crippen LogP contribution in [0.25, 0.3) is 0 Å². The first-order chi connectivity index (χ1) is 9.50. The Labute approximate surface area is 119 Å². The van der Waals surface area contributed by atoms with E-state index in [0.717, 1.165) is 25.7 Å². The minimum absolute atomic E-state index is 0.0944. The molecule has 0 heterocycles. The first-order valence-electron chi connectivity index (χ1n) is 7.12. The van der Waals surface area contributed by atoms with Crippen molar-refractivity contribution in [1.82, 2.24) is 5.32 Å². The number of nitrogens with one attached hydrogen (secondary N) is 1. The highest BCUT2D eigenvalue weighted by atomic mass is 16.4. The van der Waals surface area contributed by atoms with Crippen LogP contribution in [-0.2, 0) is 11.2 Å². The predicted octanol–water partition coefficient (Wildman–Crippen LogP) is 2.77. The lowest BCUT2D eigenvalue weighted by molar-refractivity contribution is -0.122. The number of benzene rings is 1. The Hall–Kier alpha value is -1.84. The minimum atomic E-state index is -0.989. The van der Waals surface area contributed by atoms with Gasteiger partial charge in [-0.2, -0.15) is 0 Å². The van der Waals surface area contributed by atoms with Gasteiger partial charge in [0.15, 0.2) is 0 Å². The molecule has 4 nitrogen and oxygen atoms in total. The summed E-state index contributed by atoms with van der Waals surface area (Å²) in [5.74, 6) is -1.08. The number of aromatic carboxylic acids is 1. The van der Waals surface area contributed by atoms with Gasteiger partial charge in [-0.3, -0.25) is 4.79 Å². The van der Waals surface area contributed by atoms with Crippen molar-refractivity contribution < 1.29 is 14.7 Å². The minimum Gasteiger partial charge on any atom is -0.478 e. The predicted molar refractivity (Wildman–Crippen MR) is 76.7 cm³/mol. The lowest BCUT2D eigenvalue weighted by Crippen LogP contribution is -2.47. The van der Waals surface area contributed by atoms with Crippen molar-refractivity contribution in [2.75, 3.05) is 0 Å². The van der Waals surface area contributed by atoms with E-state index in [1.165, 1.54) is 12.5 Å². The summed E-state index contributed by atoms with van der Waals surface area (Å²) in [5.41, 5.74) is 0.640. The highest BCUT2D eigenvalue weighted by Gasteiger charge is 2.28. The van der Waals surface area contributed by atoms with Gasteiger partial charge >= 0.3 is 5.97 Å². The lowest BCUT2D eigenvalue weighted by atomic mass is 9.83. The summed E-state index contributed by atoms with van der Waals surface area (Å²) in [5, 5.41) is 12.2. The highest BCUT2D eigenvalue weighted by Crippen LogP contribution is 2.27. The summed E-state index contributed by atoms with van der Waals surface area (Å²) in [4.78, 5) is 23.3. The molecule has 0 atom stereocenters. The monoisotopic (exact) mass is 275 g/mol. The fraction of sp³-hybridized carbons (Fsp3) is 0.500. The molecular formula is C16H21NO3. The molecule has 2 N–H and O–H groups in total. The van der Waals surface area contributed by atoms with Gasteiger partial charge in [0.2, 0.25) is 5.91 Å². The number of hydrogen-bond donors (Lipinski definition) is 2. The number of carbonyl (C=O) groups excluding carboxylic acids is 1. The number of rotatable bonds is 4. The molecule has 1 fully saturated rings. The summed E-state index contributed by atoms with van der Waals surface area (Å²) in [6.07, 6.45) is 5.63. The molecule has 0 unspecified atom stereocenters. The molecule has 0 spiro atoms. The largest absolute Gasteiger partial charge is 0.478 e. The van der Waals surface area contributed by atoms with Crippen LogP contribution in [0.5, 0.6) is 0 Å². The summed E-state index contributed by atoms with van der Waals surface area (Å²) in [6.45, 7) is 2.08. The number of hydrogen-bond acceptors (Lipinski definition) is 2. The van der Waals surface area contributed by atoms with Crippen LogP contribution in [0.2, 0.25) is 0 Å². The van der Waals surface area contributed by atoms with E-state index >= 15 is 0 Å². The maximum Gasteiger partial charge on any atom is 0.335 e. The average molecular weight is 275 g/mol. The van der Waals surface area contributed by atoms with Crippen LogP contribution in [0.3, 0.4) is 0 Å². The van der Waals surface area contributed by atoms with E-state index in [1.54, 1.807) is 18.2 Å². The van der Waals surface area contributed by atoms with E-state index < -0.39 is 5.97 Å². The molecule has 0 aliphatic heterocycles. The molecule has 1 aromatic rings. The van der Waals surface area contributed by atoms with Gasteiger partial charge in [-0.05, 0) is 31.4 Å². The Morgan fingerprint density at radius 1 is 1.20 bits per heavy atom. The van der Waals surface area contributed by atoms with Crippen molar-refractivity contribution in [3.63, 3.8) is 0 Å². The van der Waals surface area contributed by atoms with Crippen LogP contribution in [-0.4, -0.2) is 22.5 Å². The molecule has 4 heteroatoms. The molecule has 0 saturated heterocycles. The topological polar surface area (TPSA) is 66.4 Å². The van der Waals surface area contributed by atoms with Crippen LogP contribution in [0.15, 0.2) is 24.3 Å². The number of carbonyl (C=O) groups is 2. The summed E-state index contributed by atoms with van der Waals surface area (Å²) in [7, 11) is 0. The third-order valence-electron chi connectivity index (χ3n) is 4.00. The van der Waals surface area contributed by atoms with Gasteiger partial charge in [-0.15, -0.1) is 0 Å². The smallest absolute Gasteiger partial charge is 0.335 e. The lowest BCUT2D eigenvalue weighted by Gasteiger charge is -2.34. The van der Waals surface area contributed by atoms with Crippen LogP contribution < -0.4 is 5.32 Å². The van der Waals surface area contributed by atoms with Gasteiger partial charge in [0.25, 0.3) is 0 Å². The molecule has 1 amide bonds. The SMILES string of the molecule is CC1(NC(=O)Cc2ccccc2C(=O)O)CCCCC1. The summed E-state index contributed by atoms with van der Waals surface area (Å²) in [6, 6.07) is 6.67. The second-order valence-electron chi connectivity index (χ2n) is 5.81. The van der Waals surface area contributed by atoms with Gasteiger partial charge in [0, 0.05) is 5.54 Å². The van der Waals surface area contributed by atoms with Crippen molar-refractivity contribution in [2.24, 2.45) is 0 Å². The Morgan fingerprint density at radius 2 is 1.85 bits per heavy atom. The van der Waals surface area contributed by atoms with Crippen LogP contribution in [0, 0.1) is 0 Å². The van der Waals surface area contributed by atoms with E-state index in [0.29, 0.717) is 5.56 Å². The van der Waals surface area contributed by atoms with Crippen LogP contribution >= 0.6 is 0 Å². The molecule has 2 rings (SSSR count). The van der Waals surface area contributed by atoms with Gasteiger partial charge in [-0.1, -0.05) is 37.5 Å². The van der Waals surface area contributed by atoms with Crippen molar-refractivity contribution in [3.05, 3.63) is 35.4 Å². The Bertz CT molecular complexity index is 504. The second-order valence-corrected chi connectivity index (χ2v) is 5.81. The van der Waals surface area contributed by atoms with E-state index in [-0.39, 0.29) is 23.4 Å². The Kier molecular flexibility index (Phi) is 4.42. The maximum atomic E-state index is 12.2. The first-order valence-corrected chi connectivity index (χ1v) is 7.12. The molecule has 108 valence electrons. The van der Waals surface area contributed by atoms with E-state index in [4.69, 9.17) is 5.11 Å². The molecule has 1 aromatic carbocycles. The van der Waals surface area contributed by atoms with E-state index in [1.807, 2.05) is 0 Å². The van der Waals surface area contributed by atoms with Crippen molar-refractivity contribution >= 4 is 11.9 Å². The molecule has 20 heavy (non-hydrogen) atoms. The van der Waals surface area contributed by atoms with Crippen molar-refractivity contribution in [3.8, 4) is 0 Å². The standard InChI is InChI=1S/C16H21NO3/c1-16(9-5-2-6-10-16)17-14(18)11-12-7-3-4-8-13(12)15(19)20/h3-4,7-8H,2,5-6,9-11H2,1H3,(H,17,18)(H,19,20). The molecule has 0 bridgehead atoms. The quantitative estimate of drug-likeness (QED) is 0.888. The molecular weight excluding hydrogens is 254 g/mol. The maximum absolute atomic E-state index is 12.2. The van der Waals surface area contributed by atoms with Gasteiger partial charge in [0.05, 0.1) is 12.0 Å². The summed E-state index contributed by atoms with van der Waals surface area (Å²) >= 11 is 0. The fourth-order valence-electron chi connectivity index (χ4n) is 2.89. The first kappa shape index (κ1) is 14.6. The molecule has 0 radical (unpaired) electrons. The van der Waals surface area contributed by atoms with Gasteiger partial charge in [-0.25, -0.2) is 4.79 Å². The van der Waals surface area contributed by atoms with Gasteiger partial charge < -0.3 is 10.4 Å². The van der Waals surface area contributed by atoms with Gasteiger partial charge in [0.1, 0.15) is 0 Å². The zero-order chi connectivity index (χ0) is 14.6. The number of carboxylic acids is 1. The Balaban J connectivity index is 2.03. The number of amides is 1. The average Bonchev–Trinajstić information content (AvgIpc) is 2.39. The number of carboxylic acid groups (broad SMARTS) is 1. The molecule has 1 aliphatic rings. The zero-order valence-electron chi connectivity index (χ0n) is 11.8. The molecule has 1 aliphatic carbocycles. The molecule has 1 saturated carbocycles. The second kappa shape index (κ2) is 6.07. The van der Waals surface area contributed by atoms with Crippen LogP contribution in [0.4, 0.5) is 0 Å². The van der Waals surface area contributed by atoms with Crippen molar-refractivity contribution in [2.45, 2.75) is 51.0 Å². The van der Waals surface area contributed by atoms with Crippen LogP contribution in [0.1, 0.15) is 54.9 Å². The molecule has 0 aromatic heterocycles. The highest BCUT2D eigenvalue weighted by molar-refractivity contribution is 5.91. The third-order valence-corrected chi connectivity index (χ3v) is 4.00. The van der Waals surface area contributed by atoms with E-state index in [2.05, 4.69) is 12.2 Å². The normalized spacial score (nSPS) is 17.4. The zero-order valence-corrected chi connectivity index (χ0v) is 11.8. The Morgan fingerprint density at radius 3 is 2.50 bits per heavy atom. The fourth-order valence-corrected chi connectivity index (χ4v) is 2.89.